The van der Waals surface area contributed by atoms with E-state index in [4.69, 9.17) is 19.3 Å². The van der Waals surface area contributed by atoms with Gasteiger partial charge in [0.05, 0.1) is 25.4 Å². The lowest BCUT2D eigenvalue weighted by atomic mass is 9.87. The van der Waals surface area contributed by atoms with Crippen molar-refractivity contribution in [3.05, 3.63) is 39.8 Å². The Morgan fingerprint density at radius 1 is 1.34 bits per heavy atom. The van der Waals surface area contributed by atoms with E-state index in [0.29, 0.717) is 18.0 Å². The van der Waals surface area contributed by atoms with Gasteiger partial charge in [-0.2, -0.15) is 0 Å². The van der Waals surface area contributed by atoms with Crippen LogP contribution in [0.2, 0.25) is 0 Å². The third-order valence-corrected chi connectivity index (χ3v) is 7.16. The maximum atomic E-state index is 11.1. The third kappa shape index (κ3) is 3.60. The minimum absolute atomic E-state index is 0.0148. The zero-order chi connectivity index (χ0) is 20.0. The number of aliphatic hydroxyl groups is 1. The molecule has 7 nitrogen and oxygen atoms in total. The Balaban J connectivity index is 1.22. The molecule has 0 radical (unpaired) electrons. The lowest BCUT2D eigenvalue weighted by Gasteiger charge is -2.33. The number of nitrogens with zero attached hydrogens (tertiary/aromatic N) is 1. The highest BCUT2D eigenvalue weighted by Gasteiger charge is 2.47. The van der Waals surface area contributed by atoms with Gasteiger partial charge in [-0.3, -0.25) is 0 Å². The molecule has 29 heavy (non-hydrogen) atoms. The summed E-state index contributed by atoms with van der Waals surface area (Å²) in [7, 11) is 0. The predicted octanol–water partition coefficient (Wildman–Crippen LogP) is 3.07. The molecule has 2 aliphatic heterocycles. The van der Waals surface area contributed by atoms with E-state index in [9.17, 15) is 9.90 Å². The summed E-state index contributed by atoms with van der Waals surface area (Å²) in [5, 5.41) is 21.9. The van der Waals surface area contributed by atoms with Crippen LogP contribution >= 0.6 is 11.3 Å². The predicted molar refractivity (Wildman–Crippen MR) is 105 cm³/mol. The minimum Gasteiger partial charge on any atom is -0.493 e. The summed E-state index contributed by atoms with van der Waals surface area (Å²) >= 11 is 1.32. The van der Waals surface area contributed by atoms with E-state index < -0.39 is 12.1 Å². The molecule has 3 heterocycles. The minimum atomic E-state index is -1.02. The van der Waals surface area contributed by atoms with Gasteiger partial charge in [-0.25, -0.2) is 9.78 Å². The van der Waals surface area contributed by atoms with Crippen molar-refractivity contribution < 1.29 is 29.2 Å². The molecule has 0 unspecified atom stereocenters. The van der Waals surface area contributed by atoms with Crippen molar-refractivity contribution in [3.8, 4) is 11.5 Å². The molecule has 5 atom stereocenters. The highest BCUT2D eigenvalue weighted by atomic mass is 32.1. The van der Waals surface area contributed by atoms with Gasteiger partial charge in [-0.05, 0) is 30.4 Å². The summed E-state index contributed by atoms with van der Waals surface area (Å²) in [6, 6.07) is 5.93. The molecule has 3 aliphatic rings. The maximum absolute atomic E-state index is 11.1. The van der Waals surface area contributed by atoms with Gasteiger partial charge in [0.2, 0.25) is 0 Å². The first kappa shape index (κ1) is 18.8. The Morgan fingerprint density at radius 2 is 2.24 bits per heavy atom. The summed E-state index contributed by atoms with van der Waals surface area (Å²) in [6.07, 6.45) is 2.44. The molecule has 154 valence electrons. The Bertz CT molecular complexity index is 914. The van der Waals surface area contributed by atoms with Gasteiger partial charge in [-0.1, -0.05) is 6.07 Å². The number of thiazole rings is 1. The zero-order valence-electron chi connectivity index (χ0n) is 15.8. The Labute approximate surface area is 172 Å². The van der Waals surface area contributed by atoms with Crippen LogP contribution in [-0.4, -0.2) is 46.6 Å². The second-order valence-corrected chi connectivity index (χ2v) is 8.82. The molecule has 1 aromatic carbocycles. The van der Waals surface area contributed by atoms with Gasteiger partial charge < -0.3 is 24.4 Å². The lowest BCUT2D eigenvalue weighted by Crippen LogP contribution is -2.33. The van der Waals surface area contributed by atoms with E-state index >= 15 is 0 Å². The van der Waals surface area contributed by atoms with Crippen molar-refractivity contribution in [3.63, 3.8) is 0 Å². The molecule has 8 heteroatoms. The second-order valence-electron chi connectivity index (χ2n) is 7.93. The van der Waals surface area contributed by atoms with Crippen molar-refractivity contribution in [2.24, 2.45) is 11.8 Å². The number of carbonyl (C=O) groups is 1. The largest absolute Gasteiger partial charge is 0.493 e. The summed E-state index contributed by atoms with van der Waals surface area (Å²) in [6.45, 7) is 1.16. The molecule has 0 bridgehead atoms. The average Bonchev–Trinajstić information content (AvgIpc) is 3.43. The third-order valence-electron chi connectivity index (χ3n) is 6.22. The molecule has 2 fully saturated rings. The van der Waals surface area contributed by atoms with Gasteiger partial charge >= 0.3 is 5.97 Å². The van der Waals surface area contributed by atoms with Crippen molar-refractivity contribution in [2.45, 2.75) is 44.0 Å². The van der Waals surface area contributed by atoms with E-state index in [2.05, 4.69) is 4.98 Å². The fourth-order valence-corrected chi connectivity index (χ4v) is 5.57. The first-order chi connectivity index (χ1) is 14.1. The molecule has 1 aliphatic carbocycles. The standard InChI is InChI=1S/C21H23NO6S/c23-16-8-19-13(3-4-17(28-19)20-22-15(10-29-20)21(24)25)14(16)9-27-12-2-1-11-5-6-26-18(11)7-12/h1-2,7,10,13-14,16-17,19,23H,3-6,8-9H2,(H,24,25)/t13-,14-,16+,17-,19+/m1/s1. The molecular formula is C21H23NO6S. The molecule has 5 rings (SSSR count). The summed E-state index contributed by atoms with van der Waals surface area (Å²) in [5.74, 6) is 0.874. The summed E-state index contributed by atoms with van der Waals surface area (Å²) in [4.78, 5) is 15.3. The smallest absolute Gasteiger partial charge is 0.355 e. The van der Waals surface area contributed by atoms with Gasteiger partial charge in [0, 0.05) is 30.2 Å². The number of carboxylic acid groups (broad SMARTS) is 1. The van der Waals surface area contributed by atoms with Crippen molar-refractivity contribution in [1.82, 2.24) is 4.98 Å². The SMILES string of the molecule is O=C(O)c1csc([C@H]2CC[C@@H]3[C@@H](COc4ccc5c(c4)OCC5)[C@@H](O)C[C@@H]3O2)n1. The molecule has 0 amide bonds. The Morgan fingerprint density at radius 3 is 3.07 bits per heavy atom. The molecular weight excluding hydrogens is 394 g/mol. The van der Waals surface area contributed by atoms with E-state index in [1.165, 1.54) is 16.9 Å². The quantitative estimate of drug-likeness (QED) is 0.771. The van der Waals surface area contributed by atoms with Gasteiger partial charge in [0.25, 0.3) is 0 Å². The average molecular weight is 417 g/mol. The van der Waals surface area contributed by atoms with Crippen LogP contribution in [0.15, 0.2) is 23.6 Å². The summed E-state index contributed by atoms with van der Waals surface area (Å²) in [5.41, 5.74) is 1.27. The first-order valence-electron chi connectivity index (χ1n) is 9.99. The van der Waals surface area contributed by atoms with Crippen LogP contribution in [0.3, 0.4) is 0 Å². The van der Waals surface area contributed by atoms with E-state index in [1.54, 1.807) is 5.38 Å². The topological polar surface area (TPSA) is 98.1 Å². The number of fused-ring (bicyclic) bond motifs is 2. The monoisotopic (exact) mass is 417 g/mol. The molecule has 1 saturated carbocycles. The van der Waals surface area contributed by atoms with Crippen molar-refractivity contribution in [1.29, 1.82) is 0 Å². The fraction of sp³-hybridized carbons (Fsp3) is 0.524. The van der Waals surface area contributed by atoms with E-state index in [1.807, 2.05) is 18.2 Å². The zero-order valence-corrected chi connectivity index (χ0v) is 16.6. The number of aliphatic hydroxyl groups excluding tert-OH is 1. The highest BCUT2D eigenvalue weighted by Crippen LogP contribution is 2.46. The number of benzene rings is 1. The maximum Gasteiger partial charge on any atom is 0.355 e. The Kier molecular flexibility index (Phi) is 4.93. The van der Waals surface area contributed by atoms with E-state index in [0.717, 1.165) is 37.4 Å². The van der Waals surface area contributed by atoms with Crippen LogP contribution < -0.4 is 9.47 Å². The van der Waals surface area contributed by atoms with Gasteiger partial charge in [0.15, 0.2) is 5.69 Å². The van der Waals surface area contributed by atoms with Crippen LogP contribution in [0.25, 0.3) is 0 Å². The first-order valence-corrected chi connectivity index (χ1v) is 10.9. The number of hydrogen-bond donors (Lipinski definition) is 2. The van der Waals surface area contributed by atoms with Crippen molar-refractivity contribution in [2.75, 3.05) is 13.2 Å². The molecule has 2 aromatic rings. The molecule has 1 saturated heterocycles. The van der Waals surface area contributed by atoms with Crippen LogP contribution in [-0.2, 0) is 11.2 Å². The van der Waals surface area contributed by atoms with Gasteiger partial charge in [0.1, 0.15) is 22.6 Å². The normalized spacial score (nSPS) is 30.4. The molecule has 1 aromatic heterocycles. The number of rotatable bonds is 5. The number of ether oxygens (including phenoxy) is 3. The van der Waals surface area contributed by atoms with Gasteiger partial charge in [-0.15, -0.1) is 11.3 Å². The number of hydrogen-bond acceptors (Lipinski definition) is 7. The Hall–Kier alpha value is -2.16. The van der Waals surface area contributed by atoms with Crippen LogP contribution in [0.5, 0.6) is 11.5 Å². The van der Waals surface area contributed by atoms with Crippen LogP contribution in [0.1, 0.15) is 46.4 Å². The van der Waals surface area contributed by atoms with E-state index in [-0.39, 0.29) is 29.7 Å². The molecule has 0 spiro atoms. The molecule has 2 N–H and O–H groups in total. The number of aromatic nitrogens is 1. The van der Waals surface area contributed by atoms with Crippen LogP contribution in [0.4, 0.5) is 0 Å². The number of carboxylic acids is 1. The highest BCUT2D eigenvalue weighted by molar-refractivity contribution is 7.09. The summed E-state index contributed by atoms with van der Waals surface area (Å²) < 4.78 is 17.8. The van der Waals surface area contributed by atoms with Crippen LogP contribution in [0, 0.1) is 11.8 Å². The van der Waals surface area contributed by atoms with Crippen molar-refractivity contribution >= 4 is 17.3 Å². The fourth-order valence-electron chi connectivity index (χ4n) is 4.71. The number of aromatic carboxylic acids is 1. The second kappa shape index (κ2) is 7.59. The lowest BCUT2D eigenvalue weighted by molar-refractivity contribution is -0.0811.